The van der Waals surface area contributed by atoms with Crippen molar-refractivity contribution in [2.24, 2.45) is 5.73 Å². The molecule has 1 aliphatic rings. The van der Waals surface area contributed by atoms with Crippen LogP contribution >= 0.6 is 0 Å². The fraction of sp³-hybridized carbons (Fsp3) is 0.611. The van der Waals surface area contributed by atoms with E-state index in [1.807, 2.05) is 42.3 Å². The average molecular weight is 303 g/mol. The molecule has 0 aliphatic carbocycles. The second kappa shape index (κ2) is 7.75. The molecule has 1 atom stereocenters. The van der Waals surface area contributed by atoms with Crippen molar-refractivity contribution in [1.82, 2.24) is 9.80 Å². The molecular formula is C18H29N3O. The first-order valence-corrected chi connectivity index (χ1v) is 8.29. The van der Waals surface area contributed by atoms with E-state index in [0.717, 1.165) is 31.5 Å². The minimum atomic E-state index is -0.449. The molecule has 1 aromatic carbocycles. The number of benzene rings is 1. The molecule has 0 aromatic heterocycles. The SMILES string of the molecule is CC(C)N1CCC(N(C)C(=O)[C@@H](N)Cc2ccccc2)CC1. The van der Waals surface area contributed by atoms with E-state index < -0.39 is 6.04 Å². The third-order valence-electron chi connectivity index (χ3n) is 4.74. The predicted molar refractivity (Wildman–Crippen MR) is 90.6 cm³/mol. The van der Waals surface area contributed by atoms with Gasteiger partial charge >= 0.3 is 0 Å². The molecule has 1 aliphatic heterocycles. The van der Waals surface area contributed by atoms with E-state index in [-0.39, 0.29) is 5.91 Å². The lowest BCUT2D eigenvalue weighted by atomic mass is 10.00. The Morgan fingerprint density at radius 2 is 1.86 bits per heavy atom. The molecule has 0 unspecified atom stereocenters. The standard InChI is InChI=1S/C18H29N3O/c1-14(2)21-11-9-16(10-12-21)20(3)18(22)17(19)13-15-7-5-4-6-8-15/h4-8,14,16-17H,9-13,19H2,1-3H3/t17-/m0/s1. The van der Waals surface area contributed by atoms with Gasteiger partial charge in [0.1, 0.15) is 0 Å². The van der Waals surface area contributed by atoms with Crippen LogP contribution in [0.3, 0.4) is 0 Å². The van der Waals surface area contributed by atoms with Crippen molar-refractivity contribution in [3.05, 3.63) is 35.9 Å². The molecule has 1 saturated heterocycles. The van der Waals surface area contributed by atoms with Crippen LogP contribution in [0.1, 0.15) is 32.3 Å². The highest BCUT2D eigenvalue weighted by atomic mass is 16.2. The van der Waals surface area contributed by atoms with Crippen molar-refractivity contribution in [3.8, 4) is 0 Å². The van der Waals surface area contributed by atoms with Crippen molar-refractivity contribution in [1.29, 1.82) is 0 Å². The number of likely N-dealkylation sites (tertiary alicyclic amines) is 1. The van der Waals surface area contributed by atoms with Crippen LogP contribution in [-0.2, 0) is 11.2 Å². The van der Waals surface area contributed by atoms with Gasteiger partial charge in [-0.1, -0.05) is 30.3 Å². The Labute approximate surface area is 134 Å². The van der Waals surface area contributed by atoms with Gasteiger partial charge in [-0.15, -0.1) is 0 Å². The highest BCUT2D eigenvalue weighted by Gasteiger charge is 2.28. The molecule has 0 saturated carbocycles. The van der Waals surface area contributed by atoms with Crippen molar-refractivity contribution in [2.75, 3.05) is 20.1 Å². The van der Waals surface area contributed by atoms with Crippen LogP contribution in [-0.4, -0.2) is 54.0 Å². The lowest BCUT2D eigenvalue weighted by Crippen LogP contribution is -2.51. The Morgan fingerprint density at radius 1 is 1.27 bits per heavy atom. The molecule has 4 heteroatoms. The quantitative estimate of drug-likeness (QED) is 0.903. The van der Waals surface area contributed by atoms with E-state index in [1.165, 1.54) is 0 Å². The lowest BCUT2D eigenvalue weighted by molar-refractivity contribution is -0.134. The number of rotatable bonds is 5. The summed E-state index contributed by atoms with van der Waals surface area (Å²) in [5.74, 6) is 0.0619. The topological polar surface area (TPSA) is 49.6 Å². The van der Waals surface area contributed by atoms with Crippen molar-refractivity contribution < 1.29 is 4.79 Å². The Morgan fingerprint density at radius 3 is 2.41 bits per heavy atom. The molecule has 4 nitrogen and oxygen atoms in total. The number of piperidine rings is 1. The van der Waals surface area contributed by atoms with Gasteiger partial charge in [-0.2, -0.15) is 0 Å². The highest BCUT2D eigenvalue weighted by molar-refractivity contribution is 5.82. The molecule has 1 fully saturated rings. The van der Waals surface area contributed by atoms with Crippen molar-refractivity contribution in [3.63, 3.8) is 0 Å². The molecule has 0 radical (unpaired) electrons. The number of carbonyl (C=O) groups excluding carboxylic acids is 1. The highest BCUT2D eigenvalue weighted by Crippen LogP contribution is 2.18. The minimum Gasteiger partial charge on any atom is -0.341 e. The van der Waals surface area contributed by atoms with Crippen LogP contribution in [0.25, 0.3) is 0 Å². The summed E-state index contributed by atoms with van der Waals surface area (Å²) in [5.41, 5.74) is 7.25. The van der Waals surface area contributed by atoms with Crippen LogP contribution in [0.2, 0.25) is 0 Å². The number of hydrogen-bond donors (Lipinski definition) is 1. The summed E-state index contributed by atoms with van der Waals surface area (Å²) < 4.78 is 0. The first-order valence-electron chi connectivity index (χ1n) is 8.29. The van der Waals surface area contributed by atoms with Crippen molar-refractivity contribution in [2.45, 2.75) is 51.2 Å². The molecule has 1 aromatic rings. The number of carbonyl (C=O) groups is 1. The summed E-state index contributed by atoms with van der Waals surface area (Å²) in [5, 5.41) is 0. The second-order valence-corrected chi connectivity index (χ2v) is 6.61. The largest absolute Gasteiger partial charge is 0.341 e. The van der Waals surface area contributed by atoms with Gasteiger partial charge in [0.15, 0.2) is 0 Å². The van der Waals surface area contributed by atoms with E-state index >= 15 is 0 Å². The number of hydrogen-bond acceptors (Lipinski definition) is 3. The number of nitrogens with two attached hydrogens (primary N) is 1. The maximum absolute atomic E-state index is 12.5. The van der Waals surface area contributed by atoms with Crippen LogP contribution in [0.15, 0.2) is 30.3 Å². The average Bonchev–Trinajstić information content (AvgIpc) is 2.54. The van der Waals surface area contributed by atoms with E-state index in [4.69, 9.17) is 5.73 Å². The van der Waals surface area contributed by atoms with E-state index in [1.54, 1.807) is 0 Å². The summed E-state index contributed by atoms with van der Waals surface area (Å²) in [6.45, 7) is 6.58. The van der Waals surface area contributed by atoms with Gasteiger partial charge in [0.2, 0.25) is 5.91 Å². The number of nitrogens with zero attached hydrogens (tertiary/aromatic N) is 2. The van der Waals surface area contributed by atoms with Gasteiger partial charge in [-0.25, -0.2) is 0 Å². The molecule has 2 N–H and O–H groups in total. The third-order valence-corrected chi connectivity index (χ3v) is 4.74. The van der Waals surface area contributed by atoms with E-state index in [0.29, 0.717) is 18.5 Å². The molecule has 0 spiro atoms. The fourth-order valence-corrected chi connectivity index (χ4v) is 3.19. The minimum absolute atomic E-state index is 0.0619. The zero-order chi connectivity index (χ0) is 16.1. The maximum Gasteiger partial charge on any atom is 0.239 e. The summed E-state index contributed by atoms with van der Waals surface area (Å²) in [6.07, 6.45) is 2.69. The first-order chi connectivity index (χ1) is 10.5. The van der Waals surface area contributed by atoms with E-state index in [2.05, 4.69) is 18.7 Å². The summed E-state index contributed by atoms with van der Waals surface area (Å²) >= 11 is 0. The third kappa shape index (κ3) is 4.31. The zero-order valence-corrected chi connectivity index (χ0v) is 14.0. The van der Waals surface area contributed by atoms with Crippen LogP contribution in [0, 0.1) is 0 Å². The summed E-state index contributed by atoms with van der Waals surface area (Å²) in [7, 11) is 1.91. The van der Waals surface area contributed by atoms with Gasteiger partial charge in [0.05, 0.1) is 6.04 Å². The molecular weight excluding hydrogens is 274 g/mol. The maximum atomic E-state index is 12.5. The molecule has 22 heavy (non-hydrogen) atoms. The van der Waals surface area contributed by atoms with Gasteiger partial charge in [0, 0.05) is 32.2 Å². The Balaban J connectivity index is 1.86. The Kier molecular flexibility index (Phi) is 5.98. The van der Waals surface area contributed by atoms with Crippen LogP contribution in [0.4, 0.5) is 0 Å². The lowest BCUT2D eigenvalue weighted by Gasteiger charge is -2.39. The fourth-order valence-electron chi connectivity index (χ4n) is 3.19. The molecule has 1 amide bonds. The summed E-state index contributed by atoms with van der Waals surface area (Å²) in [6, 6.07) is 10.5. The summed E-state index contributed by atoms with van der Waals surface area (Å²) in [4.78, 5) is 16.9. The number of amides is 1. The molecule has 2 rings (SSSR count). The zero-order valence-electron chi connectivity index (χ0n) is 14.0. The van der Waals surface area contributed by atoms with E-state index in [9.17, 15) is 4.79 Å². The van der Waals surface area contributed by atoms with Crippen LogP contribution < -0.4 is 5.73 Å². The van der Waals surface area contributed by atoms with Gasteiger partial charge in [-0.05, 0) is 38.7 Å². The molecule has 1 heterocycles. The molecule has 122 valence electrons. The van der Waals surface area contributed by atoms with Crippen LogP contribution in [0.5, 0.6) is 0 Å². The first kappa shape index (κ1) is 17.0. The normalized spacial score (nSPS) is 18.4. The van der Waals surface area contributed by atoms with Gasteiger partial charge in [-0.3, -0.25) is 4.79 Å². The smallest absolute Gasteiger partial charge is 0.239 e. The van der Waals surface area contributed by atoms with Gasteiger partial charge in [0.25, 0.3) is 0 Å². The van der Waals surface area contributed by atoms with Crippen molar-refractivity contribution >= 4 is 5.91 Å². The molecule has 0 bridgehead atoms. The Hall–Kier alpha value is -1.39. The predicted octanol–water partition coefficient (Wildman–Crippen LogP) is 1.89. The Bertz CT molecular complexity index is 466. The monoisotopic (exact) mass is 303 g/mol. The van der Waals surface area contributed by atoms with Gasteiger partial charge < -0.3 is 15.5 Å². The number of likely N-dealkylation sites (N-methyl/N-ethyl adjacent to an activating group) is 1. The second-order valence-electron chi connectivity index (χ2n) is 6.61.